The SMILES string of the molecule is COC(=O)CCSc1cc(Br)ccc1CNC(C)(C)C. The number of ether oxygens (including phenoxy) is 1. The van der Waals surface area contributed by atoms with Crippen LogP contribution in [0.2, 0.25) is 0 Å². The Kier molecular flexibility index (Phi) is 7.06. The molecule has 0 fully saturated rings. The summed E-state index contributed by atoms with van der Waals surface area (Å²) in [7, 11) is 1.42. The van der Waals surface area contributed by atoms with Gasteiger partial charge in [-0.2, -0.15) is 0 Å². The Morgan fingerprint density at radius 2 is 2.10 bits per heavy atom. The summed E-state index contributed by atoms with van der Waals surface area (Å²) in [5, 5.41) is 3.49. The summed E-state index contributed by atoms with van der Waals surface area (Å²) in [6, 6.07) is 6.26. The fraction of sp³-hybridized carbons (Fsp3) is 0.533. The zero-order valence-corrected chi connectivity index (χ0v) is 14.9. The molecule has 0 aliphatic carbocycles. The maximum absolute atomic E-state index is 11.2. The van der Waals surface area contributed by atoms with Crippen molar-refractivity contribution in [3.8, 4) is 0 Å². The predicted molar refractivity (Wildman–Crippen MR) is 88.1 cm³/mol. The van der Waals surface area contributed by atoms with Crippen LogP contribution in [0, 0.1) is 0 Å². The molecule has 1 aromatic rings. The van der Waals surface area contributed by atoms with Crippen LogP contribution in [0.1, 0.15) is 32.8 Å². The highest BCUT2D eigenvalue weighted by Gasteiger charge is 2.11. The predicted octanol–water partition coefficient (Wildman–Crippen LogP) is 3.99. The lowest BCUT2D eigenvalue weighted by atomic mass is 10.1. The van der Waals surface area contributed by atoms with Crippen molar-refractivity contribution in [2.75, 3.05) is 12.9 Å². The zero-order chi connectivity index (χ0) is 15.2. The highest BCUT2D eigenvalue weighted by atomic mass is 79.9. The molecule has 0 bridgehead atoms. The molecule has 0 spiro atoms. The van der Waals surface area contributed by atoms with Gasteiger partial charge in [-0.3, -0.25) is 4.79 Å². The van der Waals surface area contributed by atoms with Gasteiger partial charge < -0.3 is 10.1 Å². The van der Waals surface area contributed by atoms with Gasteiger partial charge in [0.2, 0.25) is 0 Å². The van der Waals surface area contributed by atoms with Gasteiger partial charge >= 0.3 is 5.97 Å². The number of benzene rings is 1. The number of hydrogen-bond acceptors (Lipinski definition) is 4. The van der Waals surface area contributed by atoms with Crippen molar-refractivity contribution >= 4 is 33.7 Å². The van der Waals surface area contributed by atoms with E-state index >= 15 is 0 Å². The van der Waals surface area contributed by atoms with Crippen LogP contribution < -0.4 is 5.32 Å². The summed E-state index contributed by atoms with van der Waals surface area (Å²) in [4.78, 5) is 12.3. The van der Waals surface area contributed by atoms with Crippen molar-refractivity contribution in [1.82, 2.24) is 5.32 Å². The first-order valence-corrected chi connectivity index (χ1v) is 8.33. The lowest BCUT2D eigenvalue weighted by molar-refractivity contribution is -0.140. The third kappa shape index (κ3) is 6.77. The third-order valence-electron chi connectivity index (χ3n) is 2.63. The van der Waals surface area contributed by atoms with Gasteiger partial charge in [-0.05, 0) is 38.5 Å². The molecule has 0 atom stereocenters. The van der Waals surface area contributed by atoms with E-state index in [-0.39, 0.29) is 11.5 Å². The van der Waals surface area contributed by atoms with E-state index in [0.717, 1.165) is 16.8 Å². The first-order valence-electron chi connectivity index (χ1n) is 6.55. The van der Waals surface area contributed by atoms with Crippen LogP contribution in [-0.4, -0.2) is 24.4 Å². The molecule has 0 aliphatic heterocycles. The first kappa shape index (κ1) is 17.5. The molecule has 0 radical (unpaired) electrons. The Balaban J connectivity index is 2.67. The molecule has 1 rings (SSSR count). The molecule has 0 unspecified atom stereocenters. The largest absolute Gasteiger partial charge is 0.469 e. The summed E-state index contributed by atoms with van der Waals surface area (Å²) < 4.78 is 5.71. The molecule has 0 saturated heterocycles. The van der Waals surface area contributed by atoms with E-state index in [1.54, 1.807) is 11.8 Å². The lowest BCUT2D eigenvalue weighted by Gasteiger charge is -2.21. The fourth-order valence-corrected chi connectivity index (χ4v) is 3.05. The maximum atomic E-state index is 11.2. The van der Waals surface area contributed by atoms with Gasteiger partial charge in [-0.1, -0.05) is 22.0 Å². The van der Waals surface area contributed by atoms with Gasteiger partial charge in [0.05, 0.1) is 13.5 Å². The van der Waals surface area contributed by atoms with E-state index in [1.165, 1.54) is 17.6 Å². The average Bonchev–Trinajstić information content (AvgIpc) is 2.36. The van der Waals surface area contributed by atoms with Crippen LogP contribution in [0.5, 0.6) is 0 Å². The van der Waals surface area contributed by atoms with Crippen molar-refractivity contribution in [3.63, 3.8) is 0 Å². The minimum atomic E-state index is -0.165. The molecule has 0 heterocycles. The molecule has 0 saturated carbocycles. The number of carbonyl (C=O) groups is 1. The van der Waals surface area contributed by atoms with Crippen molar-refractivity contribution in [1.29, 1.82) is 0 Å². The minimum absolute atomic E-state index is 0.0844. The minimum Gasteiger partial charge on any atom is -0.469 e. The Labute approximate surface area is 134 Å². The molecule has 1 N–H and O–H groups in total. The molecule has 20 heavy (non-hydrogen) atoms. The van der Waals surface area contributed by atoms with Gasteiger partial charge in [-0.25, -0.2) is 0 Å². The van der Waals surface area contributed by atoms with E-state index in [2.05, 4.69) is 58.9 Å². The van der Waals surface area contributed by atoms with Gasteiger partial charge in [0.1, 0.15) is 0 Å². The quantitative estimate of drug-likeness (QED) is 0.615. The number of thioether (sulfide) groups is 1. The number of esters is 1. The number of nitrogens with one attached hydrogen (secondary N) is 1. The molecular formula is C15H22BrNO2S. The second-order valence-electron chi connectivity index (χ2n) is 5.53. The lowest BCUT2D eigenvalue weighted by Crippen LogP contribution is -2.35. The van der Waals surface area contributed by atoms with Gasteiger partial charge in [0.15, 0.2) is 0 Å². The monoisotopic (exact) mass is 359 g/mol. The molecule has 0 amide bonds. The van der Waals surface area contributed by atoms with E-state index < -0.39 is 0 Å². The fourth-order valence-electron chi connectivity index (χ4n) is 1.52. The molecule has 0 aliphatic rings. The molecule has 112 valence electrons. The second-order valence-corrected chi connectivity index (χ2v) is 7.58. The topological polar surface area (TPSA) is 38.3 Å². The number of hydrogen-bond donors (Lipinski definition) is 1. The Morgan fingerprint density at radius 1 is 1.40 bits per heavy atom. The van der Waals surface area contributed by atoms with E-state index in [1.807, 2.05) is 6.07 Å². The van der Waals surface area contributed by atoms with Crippen molar-refractivity contribution in [2.45, 2.75) is 44.2 Å². The van der Waals surface area contributed by atoms with Crippen LogP contribution in [0.25, 0.3) is 0 Å². The maximum Gasteiger partial charge on any atom is 0.306 e. The molecule has 0 aromatic heterocycles. The Hall–Kier alpha value is -0.520. The number of halogens is 1. The highest BCUT2D eigenvalue weighted by Crippen LogP contribution is 2.27. The van der Waals surface area contributed by atoms with E-state index in [9.17, 15) is 4.79 Å². The molecule has 3 nitrogen and oxygen atoms in total. The average molecular weight is 360 g/mol. The second kappa shape index (κ2) is 8.05. The van der Waals surface area contributed by atoms with Crippen LogP contribution >= 0.6 is 27.7 Å². The Bertz CT molecular complexity index is 458. The molecular weight excluding hydrogens is 338 g/mol. The first-order chi connectivity index (χ1) is 9.31. The van der Waals surface area contributed by atoms with Crippen LogP contribution in [0.15, 0.2) is 27.6 Å². The van der Waals surface area contributed by atoms with Gasteiger partial charge in [0.25, 0.3) is 0 Å². The summed E-state index contributed by atoms with van der Waals surface area (Å²) in [6.45, 7) is 7.26. The standard InChI is InChI=1S/C15H22BrNO2S/c1-15(2,3)17-10-11-5-6-12(16)9-13(11)20-8-7-14(18)19-4/h5-6,9,17H,7-8,10H2,1-4H3. The van der Waals surface area contributed by atoms with Gasteiger partial charge in [-0.15, -0.1) is 11.8 Å². The van der Waals surface area contributed by atoms with Gasteiger partial charge in [0, 0.05) is 27.2 Å². The highest BCUT2D eigenvalue weighted by molar-refractivity contribution is 9.10. The Morgan fingerprint density at radius 3 is 2.70 bits per heavy atom. The molecule has 1 aromatic carbocycles. The summed E-state index contributed by atoms with van der Waals surface area (Å²) in [5.41, 5.74) is 1.33. The third-order valence-corrected chi connectivity index (χ3v) is 4.22. The van der Waals surface area contributed by atoms with E-state index in [0.29, 0.717) is 6.42 Å². The van der Waals surface area contributed by atoms with Crippen molar-refractivity contribution in [3.05, 3.63) is 28.2 Å². The smallest absolute Gasteiger partial charge is 0.306 e. The van der Waals surface area contributed by atoms with Crippen LogP contribution in [-0.2, 0) is 16.1 Å². The van der Waals surface area contributed by atoms with Crippen molar-refractivity contribution in [2.24, 2.45) is 0 Å². The summed E-state index contributed by atoms with van der Waals surface area (Å²) in [5.74, 6) is 0.563. The van der Waals surface area contributed by atoms with Crippen LogP contribution in [0.3, 0.4) is 0 Å². The summed E-state index contributed by atoms with van der Waals surface area (Å²) in [6.07, 6.45) is 0.430. The number of carbonyl (C=O) groups excluding carboxylic acids is 1. The molecule has 5 heteroatoms. The van der Waals surface area contributed by atoms with Crippen molar-refractivity contribution < 1.29 is 9.53 Å². The number of rotatable bonds is 6. The summed E-state index contributed by atoms with van der Waals surface area (Å²) >= 11 is 5.18. The zero-order valence-electron chi connectivity index (χ0n) is 12.5. The van der Waals surface area contributed by atoms with E-state index in [4.69, 9.17) is 0 Å². The normalized spacial score (nSPS) is 11.4. The number of methoxy groups -OCH3 is 1. The van der Waals surface area contributed by atoms with Crippen LogP contribution in [0.4, 0.5) is 0 Å².